The number of hydrogen-bond donors (Lipinski definition) is 3. The smallest absolute Gasteiger partial charge is 0.220 e. The molecule has 6 heteroatoms. The Balaban J connectivity index is 2.34. The van der Waals surface area contributed by atoms with Gasteiger partial charge in [0.1, 0.15) is 0 Å². The largest absolute Gasteiger partial charge is 0.368 e. The van der Waals surface area contributed by atoms with Crippen LogP contribution in [0.1, 0.15) is 29.3 Å². The van der Waals surface area contributed by atoms with Crippen LogP contribution in [0.4, 0.5) is 5.95 Å². The molecule has 2 heterocycles. The van der Waals surface area contributed by atoms with Gasteiger partial charge in [-0.1, -0.05) is 0 Å². The lowest BCUT2D eigenvalue weighted by Crippen LogP contribution is -2.23. The van der Waals surface area contributed by atoms with E-state index in [-0.39, 0.29) is 5.95 Å². The molecular weight excluding hydrogens is 256 g/mol. The van der Waals surface area contributed by atoms with Gasteiger partial charge in [0.25, 0.3) is 0 Å². The SMILES string of the molecule is Cc1c(C(C)(O)O)c2c(n1C)-c1nc(N)ncc1CC2. The maximum Gasteiger partial charge on any atom is 0.220 e. The van der Waals surface area contributed by atoms with E-state index >= 15 is 0 Å². The van der Waals surface area contributed by atoms with Crippen LogP contribution >= 0.6 is 0 Å². The van der Waals surface area contributed by atoms with Gasteiger partial charge in [0.05, 0.1) is 11.4 Å². The summed E-state index contributed by atoms with van der Waals surface area (Å²) < 4.78 is 1.94. The molecule has 20 heavy (non-hydrogen) atoms. The summed E-state index contributed by atoms with van der Waals surface area (Å²) in [5.41, 5.74) is 10.8. The Bertz CT molecular complexity index is 698. The van der Waals surface area contributed by atoms with Gasteiger partial charge in [-0.3, -0.25) is 0 Å². The van der Waals surface area contributed by atoms with E-state index in [4.69, 9.17) is 5.73 Å². The molecule has 0 bridgehead atoms. The van der Waals surface area contributed by atoms with Gasteiger partial charge in [0, 0.05) is 24.5 Å². The summed E-state index contributed by atoms with van der Waals surface area (Å²) >= 11 is 0. The molecule has 4 N–H and O–H groups in total. The number of aryl methyl sites for hydroxylation is 1. The van der Waals surface area contributed by atoms with Gasteiger partial charge >= 0.3 is 0 Å². The van der Waals surface area contributed by atoms with Gasteiger partial charge in [0.15, 0.2) is 5.79 Å². The minimum Gasteiger partial charge on any atom is -0.368 e. The third-order valence-corrected chi connectivity index (χ3v) is 4.01. The number of nitrogens with zero attached hydrogens (tertiary/aromatic N) is 3. The summed E-state index contributed by atoms with van der Waals surface area (Å²) in [4.78, 5) is 8.37. The molecule has 0 aliphatic heterocycles. The van der Waals surface area contributed by atoms with Gasteiger partial charge in [-0.2, -0.15) is 0 Å². The van der Waals surface area contributed by atoms with Gasteiger partial charge in [-0.25, -0.2) is 9.97 Å². The number of hydrogen-bond acceptors (Lipinski definition) is 5. The lowest BCUT2D eigenvalue weighted by atomic mass is 9.90. The van der Waals surface area contributed by atoms with Crippen molar-refractivity contribution in [2.24, 2.45) is 7.05 Å². The van der Waals surface area contributed by atoms with Crippen molar-refractivity contribution < 1.29 is 10.2 Å². The lowest BCUT2D eigenvalue weighted by Gasteiger charge is -2.21. The van der Waals surface area contributed by atoms with E-state index in [0.717, 1.165) is 41.1 Å². The van der Waals surface area contributed by atoms with Crippen LogP contribution in [0.25, 0.3) is 11.4 Å². The van der Waals surface area contributed by atoms with Crippen LogP contribution in [-0.4, -0.2) is 24.7 Å². The highest BCUT2D eigenvalue weighted by atomic mass is 16.5. The molecule has 2 aromatic heterocycles. The monoisotopic (exact) mass is 274 g/mol. The van der Waals surface area contributed by atoms with Crippen molar-refractivity contribution >= 4 is 5.95 Å². The van der Waals surface area contributed by atoms with Crippen LogP contribution < -0.4 is 5.73 Å². The second-order valence-electron chi connectivity index (χ2n) is 5.47. The Labute approximate surface area is 116 Å². The first-order chi connectivity index (χ1) is 9.30. The van der Waals surface area contributed by atoms with Crippen LogP contribution in [-0.2, 0) is 25.7 Å². The fourth-order valence-electron chi connectivity index (χ4n) is 3.12. The zero-order chi connectivity index (χ0) is 14.7. The highest BCUT2D eigenvalue weighted by Crippen LogP contribution is 2.40. The molecule has 0 saturated heterocycles. The summed E-state index contributed by atoms with van der Waals surface area (Å²) in [6, 6.07) is 0. The average Bonchev–Trinajstić information content (AvgIpc) is 2.61. The van der Waals surface area contributed by atoms with Crippen molar-refractivity contribution in [3.8, 4) is 11.4 Å². The normalized spacial score (nSPS) is 14.1. The van der Waals surface area contributed by atoms with E-state index < -0.39 is 5.79 Å². The molecular formula is C14H18N4O2. The first kappa shape index (κ1) is 13.1. The van der Waals surface area contributed by atoms with E-state index in [9.17, 15) is 10.2 Å². The Kier molecular flexibility index (Phi) is 2.64. The van der Waals surface area contributed by atoms with Gasteiger partial charge in [0.2, 0.25) is 5.95 Å². The summed E-state index contributed by atoms with van der Waals surface area (Å²) in [6.07, 6.45) is 3.26. The molecule has 0 atom stereocenters. The minimum atomic E-state index is -1.86. The highest BCUT2D eigenvalue weighted by molar-refractivity contribution is 5.70. The van der Waals surface area contributed by atoms with Crippen LogP contribution in [0.2, 0.25) is 0 Å². The third-order valence-electron chi connectivity index (χ3n) is 4.01. The van der Waals surface area contributed by atoms with Crippen LogP contribution in [0.15, 0.2) is 6.20 Å². The molecule has 106 valence electrons. The van der Waals surface area contributed by atoms with Crippen LogP contribution in [0.3, 0.4) is 0 Å². The zero-order valence-corrected chi connectivity index (χ0v) is 11.8. The number of nitrogen functional groups attached to an aromatic ring is 1. The second kappa shape index (κ2) is 4.04. The standard InChI is InChI=1S/C14H18N4O2/c1-7-10(14(2,19)20)9-5-4-8-6-16-13(15)17-11(8)12(9)18(7)3/h6,19-20H,4-5H2,1-3H3,(H2,15,16,17). The number of anilines is 1. The average molecular weight is 274 g/mol. The number of rotatable bonds is 1. The van der Waals surface area contributed by atoms with Crippen molar-refractivity contribution in [1.29, 1.82) is 0 Å². The molecule has 3 rings (SSSR count). The zero-order valence-electron chi connectivity index (χ0n) is 11.8. The van der Waals surface area contributed by atoms with Crippen LogP contribution in [0.5, 0.6) is 0 Å². The number of fused-ring (bicyclic) bond motifs is 3. The summed E-state index contributed by atoms with van der Waals surface area (Å²) in [6.45, 7) is 3.27. The molecule has 6 nitrogen and oxygen atoms in total. The molecule has 0 amide bonds. The van der Waals surface area contributed by atoms with E-state index in [1.54, 1.807) is 6.20 Å². The van der Waals surface area contributed by atoms with E-state index in [0.29, 0.717) is 5.56 Å². The molecule has 0 fully saturated rings. The highest BCUT2D eigenvalue weighted by Gasteiger charge is 2.34. The molecule has 0 aromatic carbocycles. The molecule has 0 saturated carbocycles. The van der Waals surface area contributed by atoms with Crippen molar-refractivity contribution in [1.82, 2.24) is 14.5 Å². The van der Waals surface area contributed by atoms with E-state index in [1.807, 2.05) is 18.5 Å². The third kappa shape index (κ3) is 1.72. The molecule has 2 aromatic rings. The Morgan fingerprint density at radius 2 is 2.05 bits per heavy atom. The van der Waals surface area contributed by atoms with Crippen molar-refractivity contribution in [3.63, 3.8) is 0 Å². The Morgan fingerprint density at radius 3 is 2.70 bits per heavy atom. The summed E-state index contributed by atoms with van der Waals surface area (Å²) in [7, 11) is 1.90. The molecule has 0 radical (unpaired) electrons. The second-order valence-corrected chi connectivity index (χ2v) is 5.47. The molecule has 1 aliphatic rings. The Hall–Kier alpha value is -1.92. The molecule has 1 aliphatic carbocycles. The Morgan fingerprint density at radius 1 is 1.35 bits per heavy atom. The van der Waals surface area contributed by atoms with Crippen LogP contribution in [0, 0.1) is 6.92 Å². The van der Waals surface area contributed by atoms with Gasteiger partial charge in [-0.05, 0) is 37.8 Å². The summed E-state index contributed by atoms with van der Waals surface area (Å²) in [5, 5.41) is 20.1. The fraction of sp³-hybridized carbons (Fsp3) is 0.429. The minimum absolute atomic E-state index is 0.229. The summed E-state index contributed by atoms with van der Waals surface area (Å²) in [5.74, 6) is -1.63. The first-order valence-corrected chi connectivity index (χ1v) is 6.56. The van der Waals surface area contributed by atoms with Crippen molar-refractivity contribution in [2.45, 2.75) is 32.5 Å². The number of nitrogens with two attached hydrogens (primary N) is 1. The predicted octanol–water partition coefficient (Wildman–Crippen LogP) is 0.629. The fourth-order valence-corrected chi connectivity index (χ4v) is 3.12. The topological polar surface area (TPSA) is 97.2 Å². The predicted molar refractivity (Wildman–Crippen MR) is 74.8 cm³/mol. The number of aromatic nitrogens is 3. The van der Waals surface area contributed by atoms with E-state index in [1.165, 1.54) is 6.92 Å². The van der Waals surface area contributed by atoms with Crippen molar-refractivity contribution in [2.75, 3.05) is 5.73 Å². The quantitative estimate of drug-likeness (QED) is 0.663. The first-order valence-electron chi connectivity index (χ1n) is 6.56. The maximum atomic E-state index is 10.0. The number of aliphatic hydroxyl groups is 2. The molecule has 0 unspecified atom stereocenters. The van der Waals surface area contributed by atoms with Gasteiger partial charge in [-0.15, -0.1) is 0 Å². The van der Waals surface area contributed by atoms with E-state index in [2.05, 4.69) is 9.97 Å². The van der Waals surface area contributed by atoms with Crippen molar-refractivity contribution in [3.05, 3.63) is 28.6 Å². The maximum absolute atomic E-state index is 10.0. The lowest BCUT2D eigenvalue weighted by molar-refractivity contribution is -0.153. The van der Waals surface area contributed by atoms with Gasteiger partial charge < -0.3 is 20.5 Å². The molecule has 0 spiro atoms.